The third-order valence-corrected chi connectivity index (χ3v) is 8.20. The molecule has 0 amide bonds. The summed E-state index contributed by atoms with van der Waals surface area (Å²) in [5, 5.41) is 7.18. The first-order chi connectivity index (χ1) is 18.4. The number of benzene rings is 1. The highest BCUT2D eigenvalue weighted by molar-refractivity contribution is 5.77. The van der Waals surface area contributed by atoms with Gasteiger partial charge in [-0.3, -0.25) is 9.88 Å². The fraction of sp³-hybridized carbons (Fsp3) is 0.406. The first-order valence-corrected chi connectivity index (χ1v) is 13.9. The van der Waals surface area contributed by atoms with E-state index in [2.05, 4.69) is 99.9 Å². The van der Waals surface area contributed by atoms with E-state index in [1.165, 1.54) is 29.7 Å². The molecule has 1 unspecified atom stereocenters. The van der Waals surface area contributed by atoms with Crippen LogP contribution in [0, 0.1) is 0 Å². The van der Waals surface area contributed by atoms with E-state index in [0.29, 0.717) is 0 Å². The predicted molar refractivity (Wildman–Crippen MR) is 160 cm³/mol. The minimum atomic E-state index is -0.357. The van der Waals surface area contributed by atoms with Crippen LogP contribution in [0.1, 0.15) is 32.3 Å². The molecule has 200 valence electrons. The molecule has 0 spiro atoms. The van der Waals surface area contributed by atoms with Crippen LogP contribution < -0.4 is 15.5 Å². The molecule has 3 aliphatic rings. The zero-order valence-electron chi connectivity index (χ0n) is 23.3. The Labute approximate surface area is 228 Å². The smallest absolute Gasteiger partial charge is 0.101 e. The molecule has 38 heavy (non-hydrogen) atoms. The number of piperazine rings is 1. The van der Waals surface area contributed by atoms with Gasteiger partial charge in [-0.1, -0.05) is 31.4 Å². The standard InChI is InChI=1S/C32H42N6/c1-6-28(11-9-24(2)23-37-17-15-36(5)16-18-37)34-25(3)32(4)30-20-26(10-12-31(30)35-32)27-19-29(22-33-21-27)38-13-7-8-14-38/h6,9-12,19-22,34-35H,2-3,7-8,13-18,23H2,1,4-5H3/b11-9-,28-6+. The van der Waals surface area contributed by atoms with Crippen LogP contribution in [0.4, 0.5) is 11.4 Å². The number of aromatic nitrogens is 1. The van der Waals surface area contributed by atoms with Crippen LogP contribution in [0.2, 0.25) is 0 Å². The SMILES string of the molecule is C=C(/C=C\C(=C/C)NC(=C)C1(C)Nc2ccc(-c3cncc(N4CCCC4)c3)cc21)CN1CCN(C)CC1. The zero-order valence-corrected chi connectivity index (χ0v) is 23.3. The van der Waals surface area contributed by atoms with Gasteiger partial charge in [-0.2, -0.15) is 0 Å². The van der Waals surface area contributed by atoms with Crippen molar-refractivity contribution in [1.82, 2.24) is 20.1 Å². The quantitative estimate of drug-likeness (QED) is 0.443. The number of hydrogen-bond donors (Lipinski definition) is 2. The van der Waals surface area contributed by atoms with Crippen molar-refractivity contribution < 1.29 is 0 Å². The Bertz CT molecular complexity index is 1250. The van der Waals surface area contributed by atoms with Crippen LogP contribution in [0.15, 0.2) is 85.0 Å². The molecule has 4 heterocycles. The van der Waals surface area contributed by atoms with E-state index in [4.69, 9.17) is 0 Å². The van der Waals surface area contributed by atoms with Crippen LogP contribution in [-0.2, 0) is 5.54 Å². The average Bonchev–Trinajstić information content (AvgIpc) is 3.47. The highest BCUT2D eigenvalue weighted by Crippen LogP contribution is 2.46. The van der Waals surface area contributed by atoms with Crippen LogP contribution >= 0.6 is 0 Å². The van der Waals surface area contributed by atoms with Crippen LogP contribution in [0.3, 0.4) is 0 Å². The summed E-state index contributed by atoms with van der Waals surface area (Å²) in [5.74, 6) is 0. The Kier molecular flexibility index (Phi) is 7.73. The molecule has 2 N–H and O–H groups in total. The summed E-state index contributed by atoms with van der Waals surface area (Å²) in [7, 11) is 2.18. The number of allylic oxidation sites excluding steroid dienone is 2. The molecule has 0 bridgehead atoms. The monoisotopic (exact) mass is 510 g/mol. The number of likely N-dealkylation sites (N-methyl/N-ethyl adjacent to an activating group) is 1. The first-order valence-electron chi connectivity index (χ1n) is 13.9. The number of rotatable bonds is 9. The summed E-state index contributed by atoms with van der Waals surface area (Å²) in [6, 6.07) is 8.90. The maximum Gasteiger partial charge on any atom is 0.101 e. The predicted octanol–water partition coefficient (Wildman–Crippen LogP) is 5.36. The Morgan fingerprint density at radius 1 is 1.03 bits per heavy atom. The van der Waals surface area contributed by atoms with Crippen molar-refractivity contribution in [3.05, 3.63) is 90.6 Å². The van der Waals surface area contributed by atoms with Crippen molar-refractivity contribution >= 4 is 11.4 Å². The zero-order chi connectivity index (χ0) is 26.7. The van der Waals surface area contributed by atoms with Crippen LogP contribution in [0.5, 0.6) is 0 Å². The molecule has 0 saturated carbocycles. The van der Waals surface area contributed by atoms with Gasteiger partial charge in [0, 0.05) is 80.2 Å². The molecule has 5 rings (SSSR count). The molecule has 2 saturated heterocycles. The number of hydrogen-bond acceptors (Lipinski definition) is 6. The maximum atomic E-state index is 4.56. The van der Waals surface area contributed by atoms with E-state index in [9.17, 15) is 0 Å². The fourth-order valence-electron chi connectivity index (χ4n) is 5.56. The van der Waals surface area contributed by atoms with Gasteiger partial charge in [0.2, 0.25) is 0 Å². The normalized spacial score (nSPS) is 22.2. The molecule has 6 heteroatoms. The summed E-state index contributed by atoms with van der Waals surface area (Å²) in [5.41, 5.74) is 8.66. The van der Waals surface area contributed by atoms with E-state index in [0.717, 1.165) is 74.0 Å². The van der Waals surface area contributed by atoms with Gasteiger partial charge in [0.05, 0.1) is 11.9 Å². The summed E-state index contributed by atoms with van der Waals surface area (Å²) in [6.07, 6.45) is 12.8. The van der Waals surface area contributed by atoms with Gasteiger partial charge >= 0.3 is 0 Å². The number of fused-ring (bicyclic) bond motifs is 1. The van der Waals surface area contributed by atoms with Crippen molar-refractivity contribution in [3.63, 3.8) is 0 Å². The lowest BCUT2D eigenvalue weighted by Gasteiger charge is -2.45. The number of anilines is 2. The third-order valence-electron chi connectivity index (χ3n) is 8.20. The van der Waals surface area contributed by atoms with E-state index < -0.39 is 0 Å². The highest BCUT2D eigenvalue weighted by atomic mass is 15.2. The summed E-state index contributed by atoms with van der Waals surface area (Å²) in [4.78, 5) is 11.8. The molecule has 2 aromatic rings. The fourth-order valence-corrected chi connectivity index (χ4v) is 5.56. The van der Waals surface area contributed by atoms with Gasteiger partial charge in [-0.25, -0.2) is 0 Å². The van der Waals surface area contributed by atoms with E-state index >= 15 is 0 Å². The minimum absolute atomic E-state index is 0.357. The summed E-state index contributed by atoms with van der Waals surface area (Å²) in [6.45, 7) is 20.5. The molecule has 6 nitrogen and oxygen atoms in total. The third kappa shape index (κ3) is 5.57. The van der Waals surface area contributed by atoms with Gasteiger partial charge in [0.15, 0.2) is 0 Å². The van der Waals surface area contributed by atoms with Crippen molar-refractivity contribution in [2.45, 2.75) is 32.2 Å². The van der Waals surface area contributed by atoms with Gasteiger partial charge in [-0.05, 0) is 69.1 Å². The average molecular weight is 511 g/mol. The van der Waals surface area contributed by atoms with Gasteiger partial charge in [0.1, 0.15) is 5.54 Å². The lowest BCUT2D eigenvalue weighted by atomic mass is 9.79. The van der Waals surface area contributed by atoms with Gasteiger partial charge < -0.3 is 20.4 Å². The molecule has 0 radical (unpaired) electrons. The summed E-state index contributed by atoms with van der Waals surface area (Å²) < 4.78 is 0. The topological polar surface area (TPSA) is 46.7 Å². The number of nitrogens with zero attached hydrogens (tertiary/aromatic N) is 4. The van der Waals surface area contributed by atoms with Crippen LogP contribution in [-0.4, -0.2) is 67.6 Å². The van der Waals surface area contributed by atoms with Crippen LogP contribution in [0.25, 0.3) is 11.1 Å². The second-order valence-corrected chi connectivity index (χ2v) is 11.1. The highest BCUT2D eigenvalue weighted by Gasteiger charge is 2.41. The summed E-state index contributed by atoms with van der Waals surface area (Å²) >= 11 is 0. The van der Waals surface area contributed by atoms with Crippen molar-refractivity contribution in [2.75, 3.05) is 63.1 Å². The second kappa shape index (κ2) is 11.2. The van der Waals surface area contributed by atoms with Crippen molar-refractivity contribution in [3.8, 4) is 11.1 Å². The second-order valence-electron chi connectivity index (χ2n) is 11.1. The van der Waals surface area contributed by atoms with Gasteiger partial charge in [0.25, 0.3) is 0 Å². The molecular weight excluding hydrogens is 468 g/mol. The van der Waals surface area contributed by atoms with Crippen molar-refractivity contribution in [2.24, 2.45) is 0 Å². The van der Waals surface area contributed by atoms with E-state index in [1.54, 1.807) is 0 Å². The van der Waals surface area contributed by atoms with Gasteiger partial charge in [-0.15, -0.1) is 0 Å². The Morgan fingerprint density at radius 3 is 2.53 bits per heavy atom. The molecule has 1 atom stereocenters. The first kappa shape index (κ1) is 26.3. The van der Waals surface area contributed by atoms with E-state index in [-0.39, 0.29) is 5.54 Å². The number of nitrogens with one attached hydrogen (secondary N) is 2. The molecule has 1 aromatic carbocycles. The molecule has 0 aliphatic carbocycles. The minimum Gasteiger partial charge on any atom is -0.370 e. The Hall–Kier alpha value is -3.35. The maximum absolute atomic E-state index is 4.56. The molecule has 2 fully saturated rings. The lowest BCUT2D eigenvalue weighted by molar-refractivity contribution is 0.165. The molecule has 3 aliphatic heterocycles. The molecule has 1 aromatic heterocycles. The largest absolute Gasteiger partial charge is 0.370 e. The van der Waals surface area contributed by atoms with Crippen molar-refractivity contribution in [1.29, 1.82) is 0 Å². The molecular formula is C32H42N6. The number of pyridine rings is 1. The van der Waals surface area contributed by atoms with E-state index in [1.807, 2.05) is 19.3 Å². The lowest BCUT2D eigenvalue weighted by Crippen LogP contribution is -2.46. The Morgan fingerprint density at radius 2 is 1.79 bits per heavy atom. The Balaban J connectivity index is 1.24.